The summed E-state index contributed by atoms with van der Waals surface area (Å²) in [5, 5.41) is 3.15. The molecule has 0 bridgehead atoms. The minimum atomic E-state index is -3.75. The largest absolute Gasteiger partial charge is 0.477 e. The smallest absolute Gasteiger partial charge is 0.286 e. The molecule has 1 aromatic heterocycles. The third-order valence-corrected chi connectivity index (χ3v) is 6.37. The maximum atomic E-state index is 13.1. The molecule has 1 unspecified atom stereocenters. The van der Waals surface area contributed by atoms with Gasteiger partial charge in [-0.1, -0.05) is 12.1 Å². The summed E-state index contributed by atoms with van der Waals surface area (Å²) in [6.45, 7) is 3.22. The fourth-order valence-electron chi connectivity index (χ4n) is 3.67. The van der Waals surface area contributed by atoms with Crippen LogP contribution in [0.3, 0.4) is 0 Å². The van der Waals surface area contributed by atoms with Crippen molar-refractivity contribution in [2.45, 2.75) is 24.7 Å². The van der Waals surface area contributed by atoms with Gasteiger partial charge in [0.2, 0.25) is 5.88 Å². The Morgan fingerprint density at radius 3 is 2.93 bits per heavy atom. The van der Waals surface area contributed by atoms with Crippen LogP contribution in [0.25, 0.3) is 0 Å². The van der Waals surface area contributed by atoms with Crippen LogP contribution in [0, 0.1) is 5.92 Å². The van der Waals surface area contributed by atoms with Gasteiger partial charge in [-0.05, 0) is 44.0 Å². The van der Waals surface area contributed by atoms with Crippen LogP contribution < -0.4 is 10.1 Å². The number of piperidine rings is 1. The molecule has 29 heavy (non-hydrogen) atoms. The Hall–Kier alpha value is -2.94. The van der Waals surface area contributed by atoms with Gasteiger partial charge >= 0.3 is 0 Å². The van der Waals surface area contributed by atoms with Crippen molar-refractivity contribution in [2.75, 3.05) is 25.0 Å². The van der Waals surface area contributed by atoms with E-state index in [1.54, 1.807) is 41.4 Å². The van der Waals surface area contributed by atoms with Crippen LogP contribution >= 0.6 is 0 Å². The molecule has 2 aromatic rings. The molecular formula is C20H22N4O4S. The molecule has 1 saturated heterocycles. The summed E-state index contributed by atoms with van der Waals surface area (Å²) in [4.78, 5) is 19.1. The normalized spacial score (nSPS) is 20.2. The highest BCUT2D eigenvalue weighted by molar-refractivity contribution is 7.90. The van der Waals surface area contributed by atoms with E-state index < -0.39 is 10.0 Å². The SMILES string of the molecule is CCOc1ncccc1C(=O)N1CCCC(C2=NS(=O)(=O)c3ccccc3N2)C1. The van der Waals surface area contributed by atoms with Gasteiger partial charge in [-0.25, -0.2) is 4.98 Å². The first-order valence-corrected chi connectivity index (χ1v) is 11.0. The third kappa shape index (κ3) is 3.82. The molecule has 3 heterocycles. The zero-order chi connectivity index (χ0) is 20.4. The van der Waals surface area contributed by atoms with Crippen molar-refractivity contribution >= 4 is 27.5 Å². The standard InChI is InChI=1S/C20H22N4O4S/c1-2-28-19-15(8-5-11-21-19)20(25)24-12-6-7-14(13-24)18-22-16-9-3-4-10-17(16)29(26,27)23-18/h3-5,8-11,14H,2,6-7,12-13H2,1H3,(H,22,23). The van der Waals surface area contributed by atoms with Crippen LogP contribution in [0.2, 0.25) is 0 Å². The average Bonchev–Trinajstić information content (AvgIpc) is 2.73. The number of hydrogen-bond acceptors (Lipinski definition) is 6. The van der Waals surface area contributed by atoms with Gasteiger partial charge in [0.1, 0.15) is 16.3 Å². The number of ether oxygens (including phenoxy) is 1. The number of sulfonamides is 1. The number of anilines is 1. The molecule has 0 radical (unpaired) electrons. The number of fused-ring (bicyclic) bond motifs is 1. The van der Waals surface area contributed by atoms with Crippen LogP contribution in [-0.2, 0) is 10.0 Å². The molecule has 1 aromatic carbocycles. The van der Waals surface area contributed by atoms with Crippen LogP contribution in [-0.4, -0.2) is 49.7 Å². The number of hydrogen-bond donors (Lipinski definition) is 1. The molecule has 8 nitrogen and oxygen atoms in total. The predicted octanol–water partition coefficient (Wildman–Crippen LogP) is 2.55. The summed E-state index contributed by atoms with van der Waals surface area (Å²) in [6, 6.07) is 10.1. The maximum Gasteiger partial charge on any atom is 0.286 e. The van der Waals surface area contributed by atoms with E-state index in [-0.39, 0.29) is 16.7 Å². The van der Waals surface area contributed by atoms with E-state index in [9.17, 15) is 13.2 Å². The molecule has 1 atom stereocenters. The zero-order valence-corrected chi connectivity index (χ0v) is 16.9. The molecule has 2 aliphatic rings. The van der Waals surface area contributed by atoms with Crippen molar-refractivity contribution in [3.05, 3.63) is 48.2 Å². The predicted molar refractivity (Wildman–Crippen MR) is 109 cm³/mol. The van der Waals surface area contributed by atoms with Crippen LogP contribution in [0.1, 0.15) is 30.1 Å². The summed E-state index contributed by atoms with van der Waals surface area (Å²) >= 11 is 0. The number of benzene rings is 1. The highest BCUT2D eigenvalue weighted by atomic mass is 32.2. The van der Waals surface area contributed by atoms with Crippen LogP contribution in [0.5, 0.6) is 5.88 Å². The van der Waals surface area contributed by atoms with Gasteiger partial charge in [-0.3, -0.25) is 4.79 Å². The quantitative estimate of drug-likeness (QED) is 0.825. The summed E-state index contributed by atoms with van der Waals surface area (Å²) in [5.41, 5.74) is 0.929. The molecule has 1 amide bonds. The maximum absolute atomic E-state index is 13.1. The molecule has 2 aliphatic heterocycles. The molecule has 152 valence electrons. The first-order valence-electron chi connectivity index (χ1n) is 9.57. The highest BCUT2D eigenvalue weighted by Crippen LogP contribution is 2.31. The number of likely N-dealkylation sites (tertiary alicyclic amines) is 1. The van der Waals surface area contributed by atoms with E-state index in [1.807, 2.05) is 6.92 Å². The van der Waals surface area contributed by atoms with E-state index in [1.165, 1.54) is 6.07 Å². The molecule has 0 saturated carbocycles. The number of pyridine rings is 1. The monoisotopic (exact) mass is 414 g/mol. The number of rotatable bonds is 4. The lowest BCUT2D eigenvalue weighted by atomic mass is 9.96. The van der Waals surface area contributed by atoms with Crippen molar-refractivity contribution in [3.63, 3.8) is 0 Å². The van der Waals surface area contributed by atoms with Crippen LogP contribution in [0.4, 0.5) is 5.69 Å². The third-order valence-electron chi connectivity index (χ3n) is 5.02. The number of nitrogens with zero attached hydrogens (tertiary/aromatic N) is 3. The van der Waals surface area contributed by atoms with Gasteiger partial charge in [0.05, 0.1) is 12.3 Å². The molecule has 0 aliphatic carbocycles. The summed E-state index contributed by atoms with van der Waals surface area (Å²) in [5.74, 6) is 0.332. The molecule has 0 spiro atoms. The van der Waals surface area contributed by atoms with Crippen molar-refractivity contribution in [2.24, 2.45) is 10.3 Å². The Kier molecular flexibility index (Phi) is 5.23. The van der Waals surface area contributed by atoms with Gasteiger partial charge in [0.15, 0.2) is 0 Å². The van der Waals surface area contributed by atoms with E-state index >= 15 is 0 Å². The van der Waals surface area contributed by atoms with Gasteiger partial charge in [0, 0.05) is 25.2 Å². The molecule has 9 heteroatoms. The highest BCUT2D eigenvalue weighted by Gasteiger charge is 2.33. The molecule has 4 rings (SSSR count). The Balaban J connectivity index is 1.57. The molecular weight excluding hydrogens is 392 g/mol. The lowest BCUT2D eigenvalue weighted by molar-refractivity contribution is 0.0698. The summed E-state index contributed by atoms with van der Waals surface area (Å²) in [7, 11) is -3.75. The number of para-hydroxylation sites is 1. The Morgan fingerprint density at radius 2 is 2.10 bits per heavy atom. The lowest BCUT2D eigenvalue weighted by Gasteiger charge is -2.34. The van der Waals surface area contributed by atoms with E-state index in [0.29, 0.717) is 42.7 Å². The summed E-state index contributed by atoms with van der Waals surface area (Å²) < 4.78 is 34.6. The number of amidine groups is 1. The Bertz CT molecular complexity index is 1070. The number of nitrogens with one attached hydrogen (secondary N) is 1. The Morgan fingerprint density at radius 1 is 1.28 bits per heavy atom. The Labute approximate surface area is 169 Å². The minimum Gasteiger partial charge on any atom is -0.477 e. The first kappa shape index (κ1) is 19.4. The second-order valence-electron chi connectivity index (χ2n) is 6.95. The fraction of sp³-hybridized carbons (Fsp3) is 0.350. The lowest BCUT2D eigenvalue weighted by Crippen LogP contribution is -2.44. The van der Waals surface area contributed by atoms with Crippen molar-refractivity contribution in [1.29, 1.82) is 0 Å². The van der Waals surface area contributed by atoms with E-state index in [0.717, 1.165) is 12.8 Å². The minimum absolute atomic E-state index is 0.171. The number of amides is 1. The second kappa shape index (κ2) is 7.82. The topological polar surface area (TPSA) is 101 Å². The second-order valence-corrected chi connectivity index (χ2v) is 8.52. The first-order chi connectivity index (χ1) is 14.0. The molecule has 1 N–H and O–H groups in total. The van der Waals surface area contributed by atoms with Crippen molar-refractivity contribution in [1.82, 2.24) is 9.88 Å². The van der Waals surface area contributed by atoms with Gasteiger partial charge in [0.25, 0.3) is 15.9 Å². The number of carbonyl (C=O) groups excluding carboxylic acids is 1. The summed E-state index contributed by atoms with van der Waals surface area (Å²) in [6.07, 6.45) is 3.09. The number of aromatic nitrogens is 1. The van der Waals surface area contributed by atoms with Gasteiger partial charge < -0.3 is 15.0 Å². The van der Waals surface area contributed by atoms with E-state index in [2.05, 4.69) is 14.7 Å². The fourth-order valence-corrected chi connectivity index (χ4v) is 4.87. The van der Waals surface area contributed by atoms with Crippen molar-refractivity contribution < 1.29 is 17.9 Å². The average molecular weight is 414 g/mol. The van der Waals surface area contributed by atoms with E-state index in [4.69, 9.17) is 4.74 Å². The molecule has 1 fully saturated rings. The zero-order valence-electron chi connectivity index (χ0n) is 16.0. The van der Waals surface area contributed by atoms with Crippen molar-refractivity contribution in [3.8, 4) is 5.88 Å². The van der Waals surface area contributed by atoms with Crippen LogP contribution in [0.15, 0.2) is 51.9 Å². The van der Waals surface area contributed by atoms with Gasteiger partial charge in [-0.2, -0.15) is 8.42 Å². The van der Waals surface area contributed by atoms with Gasteiger partial charge in [-0.15, -0.1) is 4.40 Å². The number of carbonyl (C=O) groups is 1.